The van der Waals surface area contributed by atoms with Gasteiger partial charge >= 0.3 is 0 Å². The van der Waals surface area contributed by atoms with Crippen molar-refractivity contribution in [2.75, 3.05) is 13.1 Å². The summed E-state index contributed by atoms with van der Waals surface area (Å²) in [5.74, 6) is 0. The molecule has 1 heterocycles. The zero-order valence-corrected chi connectivity index (χ0v) is 13.2. The molecule has 5 heteroatoms. The van der Waals surface area contributed by atoms with Crippen LogP contribution in [0.5, 0.6) is 0 Å². The number of benzene rings is 1. The van der Waals surface area contributed by atoms with E-state index in [2.05, 4.69) is 38.0 Å². The predicted molar refractivity (Wildman–Crippen MR) is 85.2 cm³/mol. The summed E-state index contributed by atoms with van der Waals surface area (Å²) in [6, 6.07) is 12.3. The smallest absolute Gasteiger partial charge is 0.0758 e. The van der Waals surface area contributed by atoms with Gasteiger partial charge in [-0.1, -0.05) is 28.1 Å². The van der Waals surface area contributed by atoms with E-state index >= 15 is 0 Å². The standard InChI is InChI=1S/C16H15BrN4/c17-15-6-5-13(16-14(15)4-1-9-20-16)12-21(10-2-7-18)11-3-8-19/h1,4-6,9H,2-3,10-12H2. The van der Waals surface area contributed by atoms with E-state index in [1.807, 2.05) is 24.3 Å². The molecule has 0 atom stereocenters. The molecule has 0 N–H and O–H groups in total. The average molecular weight is 343 g/mol. The minimum atomic E-state index is 0.466. The fourth-order valence-electron chi connectivity index (χ4n) is 2.25. The first-order valence-electron chi connectivity index (χ1n) is 6.74. The van der Waals surface area contributed by atoms with Crippen LogP contribution in [-0.2, 0) is 6.54 Å². The Morgan fingerprint density at radius 2 is 1.81 bits per heavy atom. The minimum absolute atomic E-state index is 0.466. The van der Waals surface area contributed by atoms with Crippen LogP contribution in [-0.4, -0.2) is 23.0 Å². The van der Waals surface area contributed by atoms with Crippen LogP contribution < -0.4 is 0 Å². The second-order valence-electron chi connectivity index (χ2n) is 4.70. The molecule has 1 aromatic heterocycles. The van der Waals surface area contributed by atoms with Crippen molar-refractivity contribution < 1.29 is 0 Å². The molecule has 2 aromatic rings. The fraction of sp³-hybridized carbons (Fsp3) is 0.312. The van der Waals surface area contributed by atoms with Crippen molar-refractivity contribution >= 4 is 26.8 Å². The monoisotopic (exact) mass is 342 g/mol. The van der Waals surface area contributed by atoms with E-state index in [4.69, 9.17) is 10.5 Å². The van der Waals surface area contributed by atoms with Gasteiger partial charge in [0.25, 0.3) is 0 Å². The Hall–Kier alpha value is -1.95. The number of pyridine rings is 1. The van der Waals surface area contributed by atoms with Gasteiger partial charge in [-0.3, -0.25) is 9.88 Å². The third-order valence-corrected chi connectivity index (χ3v) is 3.97. The van der Waals surface area contributed by atoms with Gasteiger partial charge in [-0.2, -0.15) is 10.5 Å². The normalized spacial score (nSPS) is 10.5. The van der Waals surface area contributed by atoms with Gasteiger partial charge in [-0.05, 0) is 17.7 Å². The number of nitriles is 2. The lowest BCUT2D eigenvalue weighted by atomic mass is 10.1. The van der Waals surface area contributed by atoms with Gasteiger partial charge in [0.2, 0.25) is 0 Å². The van der Waals surface area contributed by atoms with Crippen LogP contribution in [0.4, 0.5) is 0 Å². The van der Waals surface area contributed by atoms with Gasteiger partial charge in [0, 0.05) is 48.5 Å². The van der Waals surface area contributed by atoms with Crippen molar-refractivity contribution in [3.05, 3.63) is 40.5 Å². The van der Waals surface area contributed by atoms with E-state index in [9.17, 15) is 0 Å². The van der Waals surface area contributed by atoms with Gasteiger partial charge in [0.1, 0.15) is 0 Å². The molecule has 21 heavy (non-hydrogen) atoms. The van der Waals surface area contributed by atoms with Crippen LogP contribution in [0.3, 0.4) is 0 Å². The lowest BCUT2D eigenvalue weighted by Gasteiger charge is -2.20. The van der Waals surface area contributed by atoms with E-state index in [0.29, 0.717) is 32.5 Å². The number of rotatable bonds is 6. The summed E-state index contributed by atoms with van der Waals surface area (Å²) >= 11 is 3.54. The first-order valence-corrected chi connectivity index (χ1v) is 7.54. The van der Waals surface area contributed by atoms with Gasteiger partial charge in [0.05, 0.1) is 17.7 Å². The highest BCUT2D eigenvalue weighted by atomic mass is 79.9. The quantitative estimate of drug-likeness (QED) is 0.803. The number of hydrogen-bond donors (Lipinski definition) is 0. The molecule has 4 nitrogen and oxygen atoms in total. The third-order valence-electron chi connectivity index (χ3n) is 3.27. The molecule has 0 spiro atoms. The molecule has 2 rings (SSSR count). The van der Waals surface area contributed by atoms with Gasteiger partial charge in [-0.25, -0.2) is 0 Å². The highest BCUT2D eigenvalue weighted by Crippen LogP contribution is 2.26. The van der Waals surface area contributed by atoms with Crippen molar-refractivity contribution in [3.8, 4) is 12.1 Å². The molecule has 0 aliphatic carbocycles. The van der Waals surface area contributed by atoms with Crippen molar-refractivity contribution in [1.29, 1.82) is 10.5 Å². The molecule has 0 bridgehead atoms. The average Bonchev–Trinajstić information content (AvgIpc) is 2.52. The second kappa shape index (κ2) is 7.73. The van der Waals surface area contributed by atoms with Crippen molar-refractivity contribution in [3.63, 3.8) is 0 Å². The lowest BCUT2D eigenvalue weighted by Crippen LogP contribution is -2.25. The summed E-state index contributed by atoms with van der Waals surface area (Å²) in [7, 11) is 0. The maximum Gasteiger partial charge on any atom is 0.0758 e. The van der Waals surface area contributed by atoms with Crippen LogP contribution in [0.1, 0.15) is 18.4 Å². The molecule has 0 radical (unpaired) electrons. The minimum Gasteiger partial charge on any atom is -0.297 e. The number of nitrogens with zero attached hydrogens (tertiary/aromatic N) is 4. The van der Waals surface area contributed by atoms with Gasteiger partial charge in [-0.15, -0.1) is 0 Å². The van der Waals surface area contributed by atoms with Crippen LogP contribution in [0.25, 0.3) is 10.9 Å². The Labute approximate surface area is 132 Å². The molecule has 0 unspecified atom stereocenters. The zero-order valence-electron chi connectivity index (χ0n) is 11.6. The van der Waals surface area contributed by atoms with Gasteiger partial charge in [0.15, 0.2) is 0 Å². The lowest BCUT2D eigenvalue weighted by molar-refractivity contribution is 0.279. The summed E-state index contributed by atoms with van der Waals surface area (Å²) in [6.45, 7) is 2.04. The van der Waals surface area contributed by atoms with E-state index in [1.165, 1.54) is 0 Å². The van der Waals surface area contributed by atoms with Gasteiger partial charge < -0.3 is 0 Å². The van der Waals surface area contributed by atoms with Crippen LogP contribution in [0, 0.1) is 22.7 Å². The van der Waals surface area contributed by atoms with Crippen molar-refractivity contribution in [2.45, 2.75) is 19.4 Å². The first-order chi connectivity index (χ1) is 10.3. The molecule has 1 aromatic carbocycles. The van der Waals surface area contributed by atoms with Crippen LogP contribution in [0.15, 0.2) is 34.9 Å². The second-order valence-corrected chi connectivity index (χ2v) is 5.55. The largest absolute Gasteiger partial charge is 0.297 e. The molecule has 0 saturated carbocycles. The van der Waals surface area contributed by atoms with E-state index in [0.717, 1.165) is 20.9 Å². The predicted octanol–water partition coefficient (Wildman–Crippen LogP) is 3.63. The van der Waals surface area contributed by atoms with E-state index in [-0.39, 0.29) is 0 Å². The Kier molecular flexibility index (Phi) is 5.68. The maximum atomic E-state index is 8.75. The van der Waals surface area contributed by atoms with E-state index in [1.54, 1.807) is 6.20 Å². The Morgan fingerprint density at radius 3 is 2.48 bits per heavy atom. The fourth-order valence-corrected chi connectivity index (χ4v) is 2.70. The number of fused-ring (bicyclic) bond motifs is 1. The summed E-state index contributed by atoms with van der Waals surface area (Å²) in [5.41, 5.74) is 2.08. The van der Waals surface area contributed by atoms with Crippen molar-refractivity contribution in [2.24, 2.45) is 0 Å². The van der Waals surface area contributed by atoms with Crippen molar-refractivity contribution in [1.82, 2.24) is 9.88 Å². The number of aromatic nitrogens is 1. The molecule has 0 aliphatic heterocycles. The summed E-state index contributed by atoms with van der Waals surface area (Å²) in [5, 5.41) is 18.6. The number of halogens is 1. The third kappa shape index (κ3) is 4.01. The molecule has 0 aliphatic rings. The zero-order chi connectivity index (χ0) is 15.1. The molecular weight excluding hydrogens is 328 g/mol. The Balaban J connectivity index is 2.26. The SMILES string of the molecule is N#CCCN(CCC#N)Cc1ccc(Br)c2cccnc12. The van der Waals surface area contributed by atoms with Crippen LogP contribution in [0.2, 0.25) is 0 Å². The van der Waals surface area contributed by atoms with E-state index < -0.39 is 0 Å². The maximum absolute atomic E-state index is 8.75. The Bertz CT molecular complexity index is 681. The number of hydrogen-bond acceptors (Lipinski definition) is 4. The first kappa shape index (κ1) is 15.4. The highest BCUT2D eigenvalue weighted by molar-refractivity contribution is 9.10. The highest BCUT2D eigenvalue weighted by Gasteiger charge is 2.10. The topological polar surface area (TPSA) is 63.7 Å². The summed E-state index contributed by atoms with van der Waals surface area (Å²) < 4.78 is 1.02. The molecule has 0 amide bonds. The summed E-state index contributed by atoms with van der Waals surface area (Å²) in [6.07, 6.45) is 2.72. The molecule has 106 valence electrons. The Morgan fingerprint density at radius 1 is 1.10 bits per heavy atom. The molecular formula is C16H15BrN4. The molecule has 0 fully saturated rings. The summed E-state index contributed by atoms with van der Waals surface area (Å²) in [4.78, 5) is 6.60. The van der Waals surface area contributed by atoms with Crippen LogP contribution >= 0.6 is 15.9 Å². The molecule has 0 saturated heterocycles.